The molecule has 2 aromatic carbocycles. The summed E-state index contributed by atoms with van der Waals surface area (Å²) in [5.74, 6) is -1.94. The Balaban J connectivity index is 2.20. The largest absolute Gasteiger partial charge is 0.441 e. The third-order valence-corrected chi connectivity index (χ3v) is 4.32. The fraction of sp³-hybridized carbons (Fsp3) is 0.222. The van der Waals surface area contributed by atoms with Crippen LogP contribution in [0.2, 0.25) is 0 Å². The van der Waals surface area contributed by atoms with Crippen LogP contribution in [0.3, 0.4) is 0 Å². The minimum atomic E-state index is -1.11. The second-order valence-corrected chi connectivity index (χ2v) is 5.58. The smallest absolute Gasteiger partial charge is 0.418 e. The first-order chi connectivity index (χ1) is 10.5. The summed E-state index contributed by atoms with van der Waals surface area (Å²) >= 11 is 0. The summed E-state index contributed by atoms with van der Waals surface area (Å²) in [7, 11) is 0. The lowest BCUT2D eigenvalue weighted by molar-refractivity contribution is -0.241. The topological polar surface area (TPSA) is 52.6 Å². The third-order valence-electron chi connectivity index (χ3n) is 4.32. The number of carbonyl (C=O) groups is 2. The van der Waals surface area contributed by atoms with Crippen molar-refractivity contribution >= 4 is 11.9 Å². The Morgan fingerprint density at radius 2 is 0.955 bits per heavy atom. The van der Waals surface area contributed by atoms with Gasteiger partial charge in [0.2, 0.25) is 0 Å². The van der Waals surface area contributed by atoms with Crippen LogP contribution < -0.4 is 0 Å². The first-order valence-corrected chi connectivity index (χ1v) is 7.05. The van der Waals surface area contributed by atoms with Crippen LogP contribution in [-0.2, 0) is 30.3 Å². The maximum absolute atomic E-state index is 11.8. The molecule has 112 valence electrons. The van der Waals surface area contributed by atoms with Gasteiger partial charge >= 0.3 is 11.9 Å². The number of hydrogen-bond acceptors (Lipinski definition) is 4. The zero-order valence-electron chi connectivity index (χ0n) is 12.4. The summed E-state index contributed by atoms with van der Waals surface area (Å²) < 4.78 is 11.1. The quantitative estimate of drug-likeness (QED) is 0.631. The number of hydrogen-bond donors (Lipinski definition) is 0. The number of ether oxygens (including phenoxy) is 2. The van der Waals surface area contributed by atoms with Crippen molar-refractivity contribution in [3.63, 3.8) is 0 Å². The molecule has 1 heterocycles. The van der Waals surface area contributed by atoms with E-state index in [2.05, 4.69) is 0 Å². The Morgan fingerprint density at radius 3 is 1.27 bits per heavy atom. The van der Waals surface area contributed by atoms with Crippen molar-refractivity contribution in [1.29, 1.82) is 0 Å². The highest BCUT2D eigenvalue weighted by molar-refractivity contribution is 6.30. The van der Waals surface area contributed by atoms with Crippen LogP contribution >= 0.6 is 0 Å². The van der Waals surface area contributed by atoms with Gasteiger partial charge < -0.3 is 9.47 Å². The van der Waals surface area contributed by atoms with Crippen molar-refractivity contribution in [2.75, 3.05) is 0 Å². The second kappa shape index (κ2) is 4.98. The lowest BCUT2D eigenvalue weighted by Crippen LogP contribution is -2.56. The first kappa shape index (κ1) is 14.3. The number of cyclic esters (lactones) is 2. The van der Waals surface area contributed by atoms with Crippen LogP contribution in [0.15, 0.2) is 60.7 Å². The molecule has 1 fully saturated rings. The van der Waals surface area contributed by atoms with E-state index in [0.717, 1.165) is 11.1 Å². The van der Waals surface area contributed by atoms with Gasteiger partial charge in [0.25, 0.3) is 0 Å². The van der Waals surface area contributed by atoms with Gasteiger partial charge in [0.1, 0.15) is 0 Å². The molecule has 3 rings (SSSR count). The molecule has 0 N–H and O–H groups in total. The summed E-state index contributed by atoms with van der Waals surface area (Å²) in [5.41, 5.74) is -0.689. The standard InChI is InChI=1S/C18H16O4/c1-17(13-9-5-3-6-10-13)18(2,14-11-7-4-8-12-14)22-16(20)15(19)21-17/h3-12H,1-2H3/t17-,18+. The Labute approximate surface area is 128 Å². The zero-order chi connectivity index (χ0) is 15.8. The Morgan fingerprint density at radius 1 is 0.636 bits per heavy atom. The van der Waals surface area contributed by atoms with E-state index in [9.17, 15) is 9.59 Å². The molecule has 0 radical (unpaired) electrons. The molecule has 1 aliphatic heterocycles. The molecule has 0 spiro atoms. The molecule has 1 saturated heterocycles. The van der Waals surface area contributed by atoms with E-state index in [0.29, 0.717) is 0 Å². The maximum Gasteiger partial charge on any atom is 0.418 e. The van der Waals surface area contributed by atoms with E-state index in [-0.39, 0.29) is 0 Å². The van der Waals surface area contributed by atoms with Crippen molar-refractivity contribution < 1.29 is 19.1 Å². The maximum atomic E-state index is 11.8. The number of carbonyl (C=O) groups excluding carboxylic acids is 2. The molecule has 22 heavy (non-hydrogen) atoms. The van der Waals surface area contributed by atoms with Gasteiger partial charge in [-0.1, -0.05) is 60.7 Å². The first-order valence-electron chi connectivity index (χ1n) is 7.05. The molecule has 0 amide bonds. The summed E-state index contributed by atoms with van der Waals surface area (Å²) in [6, 6.07) is 18.6. The minimum Gasteiger partial charge on any atom is -0.441 e. The van der Waals surface area contributed by atoms with Crippen molar-refractivity contribution in [2.45, 2.75) is 25.0 Å². The molecular weight excluding hydrogens is 280 g/mol. The predicted molar refractivity (Wildman–Crippen MR) is 79.8 cm³/mol. The van der Waals surface area contributed by atoms with E-state index in [1.165, 1.54) is 0 Å². The van der Waals surface area contributed by atoms with Gasteiger partial charge in [-0.15, -0.1) is 0 Å². The lowest BCUT2D eigenvalue weighted by atomic mass is 9.74. The molecule has 4 nitrogen and oxygen atoms in total. The summed E-state index contributed by atoms with van der Waals surface area (Å²) in [6.07, 6.45) is 0. The van der Waals surface area contributed by atoms with Crippen molar-refractivity contribution in [3.8, 4) is 0 Å². The van der Waals surface area contributed by atoms with Gasteiger partial charge in [0.15, 0.2) is 11.2 Å². The molecule has 0 aromatic heterocycles. The van der Waals surface area contributed by atoms with Crippen LogP contribution in [-0.4, -0.2) is 11.9 Å². The predicted octanol–water partition coefficient (Wildman–Crippen LogP) is 2.92. The lowest BCUT2D eigenvalue weighted by Gasteiger charge is -2.47. The monoisotopic (exact) mass is 296 g/mol. The van der Waals surface area contributed by atoms with Crippen molar-refractivity contribution in [3.05, 3.63) is 71.8 Å². The van der Waals surface area contributed by atoms with Gasteiger partial charge in [-0.25, -0.2) is 9.59 Å². The molecule has 2 aromatic rings. The highest BCUT2D eigenvalue weighted by atomic mass is 16.7. The van der Waals surface area contributed by atoms with Gasteiger partial charge in [-0.05, 0) is 25.0 Å². The molecule has 4 heteroatoms. The summed E-state index contributed by atoms with van der Waals surface area (Å²) in [5, 5.41) is 0. The van der Waals surface area contributed by atoms with E-state index in [4.69, 9.17) is 9.47 Å². The van der Waals surface area contributed by atoms with E-state index in [1.54, 1.807) is 13.8 Å². The minimum absolute atomic E-state index is 0.766. The Kier molecular flexibility index (Phi) is 3.24. The number of rotatable bonds is 2. The van der Waals surface area contributed by atoms with Crippen LogP contribution in [0.5, 0.6) is 0 Å². The highest BCUT2D eigenvalue weighted by Gasteiger charge is 2.58. The second-order valence-electron chi connectivity index (χ2n) is 5.58. The van der Waals surface area contributed by atoms with E-state index < -0.39 is 23.1 Å². The number of benzene rings is 2. The van der Waals surface area contributed by atoms with Crippen LogP contribution in [0.25, 0.3) is 0 Å². The normalized spacial score (nSPS) is 27.9. The summed E-state index contributed by atoms with van der Waals surface area (Å²) in [4.78, 5) is 23.6. The molecule has 0 unspecified atom stereocenters. The zero-order valence-corrected chi connectivity index (χ0v) is 12.4. The fourth-order valence-electron chi connectivity index (χ4n) is 2.83. The van der Waals surface area contributed by atoms with E-state index >= 15 is 0 Å². The molecule has 0 saturated carbocycles. The number of esters is 2. The van der Waals surface area contributed by atoms with Crippen LogP contribution in [0.4, 0.5) is 0 Å². The average Bonchev–Trinajstić information content (AvgIpc) is 2.55. The highest BCUT2D eigenvalue weighted by Crippen LogP contribution is 2.48. The fourth-order valence-corrected chi connectivity index (χ4v) is 2.83. The molecule has 2 atom stereocenters. The van der Waals surface area contributed by atoms with Crippen molar-refractivity contribution in [2.24, 2.45) is 0 Å². The molecule has 0 bridgehead atoms. The molecule has 0 aliphatic carbocycles. The van der Waals surface area contributed by atoms with Gasteiger partial charge in [-0.2, -0.15) is 0 Å². The van der Waals surface area contributed by atoms with Crippen LogP contribution in [0, 0.1) is 0 Å². The van der Waals surface area contributed by atoms with E-state index in [1.807, 2.05) is 60.7 Å². The Hall–Kier alpha value is -2.62. The Bertz CT molecular complexity index is 647. The molecular formula is C18H16O4. The van der Waals surface area contributed by atoms with Gasteiger partial charge in [-0.3, -0.25) is 0 Å². The van der Waals surface area contributed by atoms with Gasteiger partial charge in [0, 0.05) is 0 Å². The summed E-state index contributed by atoms with van der Waals surface area (Å²) in [6.45, 7) is 3.53. The van der Waals surface area contributed by atoms with Crippen LogP contribution in [0.1, 0.15) is 25.0 Å². The van der Waals surface area contributed by atoms with Gasteiger partial charge in [0.05, 0.1) is 0 Å². The van der Waals surface area contributed by atoms with Crippen molar-refractivity contribution in [1.82, 2.24) is 0 Å². The SMILES string of the molecule is C[C@@]1(c2ccccc2)OC(=O)C(=O)O[C@]1(C)c1ccccc1. The molecule has 1 aliphatic rings. The third kappa shape index (κ3) is 1.99. The average molecular weight is 296 g/mol.